The maximum Gasteiger partial charge on any atom is 0.325 e. The van der Waals surface area contributed by atoms with Crippen molar-refractivity contribution < 1.29 is 19.1 Å². The van der Waals surface area contributed by atoms with Gasteiger partial charge in [0.1, 0.15) is 12.3 Å². The zero-order chi connectivity index (χ0) is 12.7. The smallest absolute Gasteiger partial charge is 0.325 e. The molecule has 92 valence electrons. The fraction of sp³-hybridized carbons (Fsp3) is 0.333. The third-order valence-electron chi connectivity index (χ3n) is 2.05. The normalized spacial score (nSPS) is 9.53. The molecule has 5 heteroatoms. The molecule has 0 saturated heterocycles. The minimum absolute atomic E-state index is 0.157. The highest BCUT2D eigenvalue weighted by atomic mass is 16.5. The van der Waals surface area contributed by atoms with Gasteiger partial charge in [0.05, 0.1) is 19.3 Å². The minimum atomic E-state index is -0.493. The van der Waals surface area contributed by atoms with Crippen molar-refractivity contribution in [2.75, 3.05) is 20.3 Å². The third-order valence-corrected chi connectivity index (χ3v) is 2.05. The van der Waals surface area contributed by atoms with E-state index in [-0.39, 0.29) is 12.5 Å². The molecule has 0 fully saturated rings. The summed E-state index contributed by atoms with van der Waals surface area (Å²) in [6.07, 6.45) is 0. The molecule has 0 atom stereocenters. The molecule has 0 heterocycles. The highest BCUT2D eigenvalue weighted by molar-refractivity contribution is 5.98. The molecule has 1 N–H and O–H groups in total. The lowest BCUT2D eigenvalue weighted by atomic mass is 10.2. The van der Waals surface area contributed by atoms with Crippen LogP contribution in [-0.4, -0.2) is 32.1 Å². The number of benzene rings is 1. The number of para-hydroxylation sites is 1. The van der Waals surface area contributed by atoms with E-state index in [1.165, 1.54) is 7.11 Å². The second-order valence-corrected chi connectivity index (χ2v) is 3.19. The zero-order valence-corrected chi connectivity index (χ0v) is 9.86. The van der Waals surface area contributed by atoms with E-state index in [0.717, 1.165) is 0 Å². The van der Waals surface area contributed by atoms with Crippen LogP contribution in [0.2, 0.25) is 0 Å². The SMILES string of the molecule is CCOc1ccccc1C(=O)NCC(=O)OC. The first-order valence-corrected chi connectivity index (χ1v) is 5.25. The molecule has 0 radical (unpaired) electrons. The number of methoxy groups -OCH3 is 1. The molecular weight excluding hydrogens is 222 g/mol. The molecule has 1 amide bonds. The summed E-state index contributed by atoms with van der Waals surface area (Å²) in [6.45, 7) is 2.15. The van der Waals surface area contributed by atoms with Crippen molar-refractivity contribution in [3.8, 4) is 5.75 Å². The summed E-state index contributed by atoms with van der Waals surface area (Å²) in [5, 5.41) is 2.45. The van der Waals surface area contributed by atoms with Gasteiger partial charge in [-0.2, -0.15) is 0 Å². The van der Waals surface area contributed by atoms with Gasteiger partial charge in [0.2, 0.25) is 0 Å². The van der Waals surface area contributed by atoms with Gasteiger partial charge in [0, 0.05) is 0 Å². The summed E-state index contributed by atoms with van der Waals surface area (Å²) in [5.74, 6) is -0.357. The predicted molar refractivity (Wildman–Crippen MR) is 62.0 cm³/mol. The Kier molecular flexibility index (Phi) is 5.00. The molecular formula is C12H15NO4. The Labute approximate surface area is 99.7 Å². The summed E-state index contributed by atoms with van der Waals surface area (Å²) in [7, 11) is 1.27. The van der Waals surface area contributed by atoms with Crippen LogP contribution >= 0.6 is 0 Å². The zero-order valence-electron chi connectivity index (χ0n) is 9.86. The standard InChI is InChI=1S/C12H15NO4/c1-3-17-10-7-5-4-6-9(10)12(15)13-8-11(14)16-2/h4-7H,3,8H2,1-2H3,(H,13,15). The number of rotatable bonds is 5. The monoisotopic (exact) mass is 237 g/mol. The van der Waals surface area contributed by atoms with Gasteiger partial charge < -0.3 is 14.8 Å². The Morgan fingerprint density at radius 3 is 2.65 bits per heavy atom. The van der Waals surface area contributed by atoms with Gasteiger partial charge in [0.25, 0.3) is 5.91 Å². The van der Waals surface area contributed by atoms with E-state index < -0.39 is 5.97 Å². The Bertz CT molecular complexity index is 403. The summed E-state index contributed by atoms with van der Waals surface area (Å²) in [5.41, 5.74) is 0.401. The van der Waals surface area contributed by atoms with Gasteiger partial charge in [0.15, 0.2) is 0 Å². The van der Waals surface area contributed by atoms with Crippen molar-refractivity contribution in [2.45, 2.75) is 6.92 Å². The van der Waals surface area contributed by atoms with Crippen LogP contribution in [-0.2, 0) is 9.53 Å². The topological polar surface area (TPSA) is 64.6 Å². The maximum atomic E-state index is 11.8. The summed E-state index contributed by atoms with van der Waals surface area (Å²) < 4.78 is 9.74. The van der Waals surface area contributed by atoms with E-state index in [0.29, 0.717) is 17.9 Å². The summed E-state index contributed by atoms with van der Waals surface area (Å²) >= 11 is 0. The van der Waals surface area contributed by atoms with Gasteiger partial charge in [-0.05, 0) is 19.1 Å². The van der Waals surface area contributed by atoms with Crippen LogP contribution in [0.4, 0.5) is 0 Å². The first-order chi connectivity index (χ1) is 8.19. The Morgan fingerprint density at radius 2 is 2.00 bits per heavy atom. The molecule has 0 aliphatic heterocycles. The van der Waals surface area contributed by atoms with E-state index in [4.69, 9.17) is 4.74 Å². The molecule has 1 rings (SSSR count). The van der Waals surface area contributed by atoms with E-state index in [1.807, 2.05) is 6.92 Å². The molecule has 17 heavy (non-hydrogen) atoms. The first kappa shape index (κ1) is 13.0. The van der Waals surface area contributed by atoms with Crippen molar-refractivity contribution in [3.05, 3.63) is 29.8 Å². The fourth-order valence-corrected chi connectivity index (χ4v) is 1.26. The maximum absolute atomic E-state index is 11.8. The Morgan fingerprint density at radius 1 is 1.29 bits per heavy atom. The van der Waals surface area contributed by atoms with Crippen LogP contribution in [0.15, 0.2) is 24.3 Å². The van der Waals surface area contributed by atoms with Crippen LogP contribution in [0.1, 0.15) is 17.3 Å². The van der Waals surface area contributed by atoms with Gasteiger partial charge in [-0.3, -0.25) is 9.59 Å². The second-order valence-electron chi connectivity index (χ2n) is 3.19. The van der Waals surface area contributed by atoms with Crippen LogP contribution in [0.3, 0.4) is 0 Å². The quantitative estimate of drug-likeness (QED) is 0.775. The molecule has 0 bridgehead atoms. The highest BCUT2D eigenvalue weighted by Gasteiger charge is 2.12. The lowest BCUT2D eigenvalue weighted by Crippen LogP contribution is -2.30. The van der Waals surface area contributed by atoms with Crippen LogP contribution in [0.5, 0.6) is 5.75 Å². The molecule has 1 aromatic carbocycles. The molecule has 5 nitrogen and oxygen atoms in total. The molecule has 0 spiro atoms. The van der Waals surface area contributed by atoms with Crippen molar-refractivity contribution in [3.63, 3.8) is 0 Å². The predicted octanol–water partition coefficient (Wildman–Crippen LogP) is 0.988. The molecule has 0 saturated carbocycles. The second kappa shape index (κ2) is 6.52. The van der Waals surface area contributed by atoms with Crippen molar-refractivity contribution >= 4 is 11.9 Å². The van der Waals surface area contributed by atoms with Gasteiger partial charge in [-0.25, -0.2) is 0 Å². The Hall–Kier alpha value is -2.04. The summed E-state index contributed by atoms with van der Waals surface area (Å²) in [4.78, 5) is 22.7. The number of carbonyl (C=O) groups is 2. The number of hydrogen-bond donors (Lipinski definition) is 1. The number of ether oxygens (including phenoxy) is 2. The largest absolute Gasteiger partial charge is 0.493 e. The number of carbonyl (C=O) groups excluding carboxylic acids is 2. The van der Waals surface area contributed by atoms with Crippen LogP contribution < -0.4 is 10.1 Å². The fourth-order valence-electron chi connectivity index (χ4n) is 1.26. The summed E-state index contributed by atoms with van der Waals surface area (Å²) in [6, 6.07) is 6.85. The lowest BCUT2D eigenvalue weighted by Gasteiger charge is -2.09. The van der Waals surface area contributed by atoms with Crippen molar-refractivity contribution in [1.82, 2.24) is 5.32 Å². The molecule has 0 unspecified atom stereocenters. The average Bonchev–Trinajstić information content (AvgIpc) is 2.36. The Balaban J connectivity index is 2.71. The van der Waals surface area contributed by atoms with Crippen LogP contribution in [0, 0.1) is 0 Å². The number of hydrogen-bond acceptors (Lipinski definition) is 4. The minimum Gasteiger partial charge on any atom is -0.493 e. The van der Waals surface area contributed by atoms with Crippen LogP contribution in [0.25, 0.3) is 0 Å². The number of nitrogens with one attached hydrogen (secondary N) is 1. The number of esters is 1. The average molecular weight is 237 g/mol. The van der Waals surface area contributed by atoms with Crippen molar-refractivity contribution in [1.29, 1.82) is 0 Å². The van der Waals surface area contributed by atoms with Crippen molar-refractivity contribution in [2.24, 2.45) is 0 Å². The molecule has 0 aromatic heterocycles. The number of amides is 1. The van der Waals surface area contributed by atoms with E-state index in [1.54, 1.807) is 24.3 Å². The van der Waals surface area contributed by atoms with E-state index in [2.05, 4.69) is 10.1 Å². The third kappa shape index (κ3) is 3.79. The van der Waals surface area contributed by atoms with Gasteiger partial charge in [-0.15, -0.1) is 0 Å². The van der Waals surface area contributed by atoms with Gasteiger partial charge >= 0.3 is 5.97 Å². The molecule has 0 aliphatic rings. The highest BCUT2D eigenvalue weighted by Crippen LogP contribution is 2.17. The van der Waals surface area contributed by atoms with Gasteiger partial charge in [-0.1, -0.05) is 12.1 Å². The lowest BCUT2D eigenvalue weighted by molar-refractivity contribution is -0.139. The molecule has 0 aliphatic carbocycles. The first-order valence-electron chi connectivity index (χ1n) is 5.25. The van der Waals surface area contributed by atoms with E-state index >= 15 is 0 Å². The molecule has 1 aromatic rings. The van der Waals surface area contributed by atoms with E-state index in [9.17, 15) is 9.59 Å².